The lowest BCUT2D eigenvalue weighted by atomic mass is 10.1. The third-order valence-corrected chi connectivity index (χ3v) is 2.97. The molecule has 0 amide bonds. The minimum Gasteiger partial charge on any atom is -0.376 e. The van der Waals surface area contributed by atoms with E-state index in [0.29, 0.717) is 25.3 Å². The Morgan fingerprint density at radius 2 is 2.22 bits per heavy atom. The highest BCUT2D eigenvalue weighted by Gasteiger charge is 2.25. The van der Waals surface area contributed by atoms with Gasteiger partial charge in [-0.15, -0.1) is 0 Å². The van der Waals surface area contributed by atoms with Crippen LogP contribution < -0.4 is 5.32 Å². The average molecular weight is 253 g/mol. The second-order valence-corrected chi connectivity index (χ2v) is 4.51. The largest absolute Gasteiger partial charge is 0.376 e. The molecule has 1 atom stereocenters. The maximum atomic E-state index is 13.8. The van der Waals surface area contributed by atoms with Crippen LogP contribution in [0.25, 0.3) is 0 Å². The lowest BCUT2D eigenvalue weighted by molar-refractivity contribution is -0.155. The van der Waals surface area contributed by atoms with Gasteiger partial charge in [-0.3, -0.25) is 0 Å². The van der Waals surface area contributed by atoms with Crippen molar-refractivity contribution in [1.29, 1.82) is 0 Å². The van der Waals surface area contributed by atoms with Crippen LogP contribution in [0.3, 0.4) is 0 Å². The topological polar surface area (TPSA) is 30.5 Å². The minimum atomic E-state index is -0.244. The standard InChI is InChI=1S/C14H20FNO2/c1-2-7-16-8-14(18-11-9-17-10-11)12-5-3-4-6-13(12)15/h3-6,11,14,16H,2,7-10H2,1H3. The molecule has 2 rings (SSSR count). The Bertz CT molecular complexity index is 369. The van der Waals surface area contributed by atoms with Crippen molar-refractivity contribution in [3.63, 3.8) is 0 Å². The molecule has 1 saturated heterocycles. The van der Waals surface area contributed by atoms with Crippen molar-refractivity contribution in [3.8, 4) is 0 Å². The molecule has 1 N–H and O–H groups in total. The van der Waals surface area contributed by atoms with Crippen LogP contribution in [-0.2, 0) is 9.47 Å². The van der Waals surface area contributed by atoms with Crippen molar-refractivity contribution in [2.24, 2.45) is 0 Å². The summed E-state index contributed by atoms with van der Waals surface area (Å²) in [6.45, 7) is 4.87. The molecule has 100 valence electrons. The molecule has 0 bridgehead atoms. The van der Waals surface area contributed by atoms with Crippen LogP contribution in [0.5, 0.6) is 0 Å². The highest BCUT2D eigenvalue weighted by molar-refractivity contribution is 5.20. The zero-order chi connectivity index (χ0) is 12.8. The molecule has 0 aliphatic carbocycles. The highest BCUT2D eigenvalue weighted by atomic mass is 19.1. The van der Waals surface area contributed by atoms with Gasteiger partial charge < -0.3 is 14.8 Å². The van der Waals surface area contributed by atoms with E-state index in [1.165, 1.54) is 6.07 Å². The molecular weight excluding hydrogens is 233 g/mol. The van der Waals surface area contributed by atoms with E-state index in [1.807, 2.05) is 6.07 Å². The van der Waals surface area contributed by atoms with Gasteiger partial charge in [-0.25, -0.2) is 4.39 Å². The summed E-state index contributed by atoms with van der Waals surface area (Å²) in [4.78, 5) is 0. The predicted octanol–water partition coefficient (Wildman–Crippen LogP) is 2.28. The molecule has 4 heteroatoms. The molecule has 0 saturated carbocycles. The van der Waals surface area contributed by atoms with Crippen LogP contribution in [0.2, 0.25) is 0 Å². The molecule has 3 nitrogen and oxygen atoms in total. The summed E-state index contributed by atoms with van der Waals surface area (Å²) in [5.41, 5.74) is 0.619. The molecule has 0 radical (unpaired) electrons. The monoisotopic (exact) mass is 253 g/mol. The summed E-state index contributed by atoms with van der Waals surface area (Å²) in [6, 6.07) is 6.80. The predicted molar refractivity (Wildman–Crippen MR) is 68.0 cm³/mol. The smallest absolute Gasteiger partial charge is 0.129 e. The molecule has 1 aromatic carbocycles. The molecule has 1 unspecified atom stereocenters. The van der Waals surface area contributed by atoms with Crippen LogP contribution in [0.4, 0.5) is 4.39 Å². The molecule has 1 aliphatic heterocycles. The third kappa shape index (κ3) is 3.51. The number of hydrogen-bond donors (Lipinski definition) is 1. The van der Waals surface area contributed by atoms with Gasteiger partial charge in [0.05, 0.1) is 19.3 Å². The van der Waals surface area contributed by atoms with E-state index in [9.17, 15) is 4.39 Å². The van der Waals surface area contributed by atoms with Crippen molar-refractivity contribution in [3.05, 3.63) is 35.6 Å². The fraction of sp³-hybridized carbons (Fsp3) is 0.571. The van der Waals surface area contributed by atoms with Crippen molar-refractivity contribution in [2.75, 3.05) is 26.3 Å². The van der Waals surface area contributed by atoms with E-state index in [-0.39, 0.29) is 18.0 Å². The Kier molecular flexibility index (Phi) is 5.11. The molecule has 1 heterocycles. The zero-order valence-electron chi connectivity index (χ0n) is 10.7. The summed E-state index contributed by atoms with van der Waals surface area (Å²) < 4.78 is 24.7. The molecular formula is C14H20FNO2. The van der Waals surface area contributed by atoms with Gasteiger partial charge in [0, 0.05) is 12.1 Å². The number of hydrogen-bond acceptors (Lipinski definition) is 3. The molecule has 0 spiro atoms. The molecule has 0 aromatic heterocycles. The quantitative estimate of drug-likeness (QED) is 0.756. The van der Waals surface area contributed by atoms with Crippen LogP contribution in [0, 0.1) is 5.82 Å². The first-order chi connectivity index (χ1) is 8.81. The van der Waals surface area contributed by atoms with Crippen molar-refractivity contribution >= 4 is 0 Å². The molecule has 1 fully saturated rings. The first kappa shape index (κ1) is 13.5. The Morgan fingerprint density at radius 1 is 1.44 bits per heavy atom. The van der Waals surface area contributed by atoms with Crippen molar-refractivity contribution in [1.82, 2.24) is 5.32 Å². The fourth-order valence-corrected chi connectivity index (χ4v) is 1.90. The number of rotatable bonds is 7. The van der Waals surface area contributed by atoms with Crippen molar-refractivity contribution < 1.29 is 13.9 Å². The van der Waals surface area contributed by atoms with Gasteiger partial charge in [-0.1, -0.05) is 25.1 Å². The van der Waals surface area contributed by atoms with E-state index >= 15 is 0 Å². The Hall–Kier alpha value is -0.970. The Balaban J connectivity index is 2.00. The number of halogens is 1. The molecule has 1 aliphatic rings. The van der Waals surface area contributed by atoms with E-state index in [0.717, 1.165) is 13.0 Å². The highest BCUT2D eigenvalue weighted by Crippen LogP contribution is 2.23. The van der Waals surface area contributed by atoms with Gasteiger partial charge in [0.1, 0.15) is 11.9 Å². The van der Waals surface area contributed by atoms with E-state index in [1.54, 1.807) is 12.1 Å². The maximum Gasteiger partial charge on any atom is 0.129 e. The lowest BCUT2D eigenvalue weighted by Crippen LogP contribution is -2.39. The average Bonchev–Trinajstić information content (AvgIpc) is 2.32. The van der Waals surface area contributed by atoms with Gasteiger partial charge in [-0.2, -0.15) is 0 Å². The van der Waals surface area contributed by atoms with E-state index in [2.05, 4.69) is 12.2 Å². The minimum absolute atomic E-state index is 0.0954. The maximum absolute atomic E-state index is 13.8. The van der Waals surface area contributed by atoms with Crippen LogP contribution in [0.1, 0.15) is 25.0 Å². The summed E-state index contributed by atoms with van der Waals surface area (Å²) >= 11 is 0. The normalized spacial score (nSPS) is 17.4. The number of ether oxygens (including phenoxy) is 2. The van der Waals surface area contributed by atoms with Gasteiger partial charge in [0.15, 0.2) is 0 Å². The summed E-state index contributed by atoms with van der Waals surface area (Å²) in [5, 5.41) is 3.28. The van der Waals surface area contributed by atoms with E-state index < -0.39 is 0 Å². The van der Waals surface area contributed by atoms with Crippen LogP contribution >= 0.6 is 0 Å². The van der Waals surface area contributed by atoms with Gasteiger partial charge >= 0.3 is 0 Å². The van der Waals surface area contributed by atoms with Gasteiger partial charge in [0.25, 0.3) is 0 Å². The molecule has 18 heavy (non-hydrogen) atoms. The second kappa shape index (κ2) is 6.83. The molecule has 1 aromatic rings. The van der Waals surface area contributed by atoms with Crippen LogP contribution in [-0.4, -0.2) is 32.4 Å². The zero-order valence-corrected chi connectivity index (χ0v) is 10.7. The number of benzene rings is 1. The van der Waals surface area contributed by atoms with Crippen molar-refractivity contribution in [2.45, 2.75) is 25.6 Å². The van der Waals surface area contributed by atoms with Gasteiger partial charge in [0.2, 0.25) is 0 Å². The summed E-state index contributed by atoms with van der Waals surface area (Å²) in [5.74, 6) is -0.207. The van der Waals surface area contributed by atoms with E-state index in [4.69, 9.17) is 9.47 Å². The first-order valence-corrected chi connectivity index (χ1v) is 6.49. The number of nitrogens with one attached hydrogen (secondary N) is 1. The lowest BCUT2D eigenvalue weighted by Gasteiger charge is -2.31. The Morgan fingerprint density at radius 3 is 2.83 bits per heavy atom. The second-order valence-electron chi connectivity index (χ2n) is 4.51. The van der Waals surface area contributed by atoms with Gasteiger partial charge in [-0.05, 0) is 19.0 Å². The van der Waals surface area contributed by atoms with Crippen LogP contribution in [0.15, 0.2) is 24.3 Å². The fourth-order valence-electron chi connectivity index (χ4n) is 1.90. The third-order valence-electron chi connectivity index (χ3n) is 2.97. The summed E-state index contributed by atoms with van der Waals surface area (Å²) in [7, 11) is 0. The first-order valence-electron chi connectivity index (χ1n) is 6.49. The summed E-state index contributed by atoms with van der Waals surface area (Å²) in [6.07, 6.45) is 0.904. The SMILES string of the molecule is CCCNCC(OC1COC1)c1ccccc1F. The Labute approximate surface area is 107 Å².